The van der Waals surface area contributed by atoms with Gasteiger partial charge in [-0.25, -0.2) is 0 Å². The van der Waals surface area contributed by atoms with Crippen LogP contribution in [0.1, 0.15) is 25.8 Å². The van der Waals surface area contributed by atoms with E-state index in [1.54, 1.807) is 0 Å². The molecule has 1 aromatic carbocycles. The van der Waals surface area contributed by atoms with Gasteiger partial charge in [-0.1, -0.05) is 30.3 Å². The fourth-order valence-corrected chi connectivity index (χ4v) is 3.54. The normalized spacial score (nSPS) is 27.1. The Hall–Kier alpha value is -0.760. The molecule has 0 N–H and O–H groups in total. The Morgan fingerprint density at radius 2 is 1.95 bits per heavy atom. The summed E-state index contributed by atoms with van der Waals surface area (Å²) in [6, 6.07) is 9.99. The van der Waals surface area contributed by atoms with E-state index in [2.05, 4.69) is 22.6 Å². The predicted octanol–water partition coefficient (Wildman–Crippen LogP) is 3.39. The molecule has 0 bridgehead atoms. The van der Waals surface area contributed by atoms with Crippen LogP contribution >= 0.6 is 22.6 Å². The van der Waals surface area contributed by atoms with Gasteiger partial charge in [0.15, 0.2) is 11.6 Å². The first kappa shape index (κ1) is 16.1. The third kappa shape index (κ3) is 3.42. The predicted molar refractivity (Wildman–Crippen MR) is 90.6 cm³/mol. The molecular formula is C17H19IO4. The summed E-state index contributed by atoms with van der Waals surface area (Å²) in [6.07, 6.45) is 0.000816. The molecule has 0 amide bonds. The SMILES string of the molecule is CC1(C)O[C@H]2CC(=O)C(I)=C(COCc3ccccc3)[C@H]2O1. The van der Waals surface area contributed by atoms with E-state index in [-0.39, 0.29) is 18.0 Å². The summed E-state index contributed by atoms with van der Waals surface area (Å²) in [4.78, 5) is 12.1. The highest BCUT2D eigenvalue weighted by molar-refractivity contribution is 14.1. The molecule has 4 nitrogen and oxygen atoms in total. The van der Waals surface area contributed by atoms with Crippen LogP contribution in [0, 0.1) is 0 Å². The Labute approximate surface area is 144 Å². The second-order valence-electron chi connectivity index (χ2n) is 6.04. The fraction of sp³-hybridized carbons (Fsp3) is 0.471. The molecule has 1 aliphatic carbocycles. The first-order valence-electron chi connectivity index (χ1n) is 7.35. The van der Waals surface area contributed by atoms with Gasteiger partial charge in [0, 0.05) is 12.0 Å². The van der Waals surface area contributed by atoms with E-state index in [1.807, 2.05) is 44.2 Å². The molecule has 0 radical (unpaired) electrons. The van der Waals surface area contributed by atoms with E-state index in [1.165, 1.54) is 0 Å². The quantitative estimate of drug-likeness (QED) is 0.709. The number of halogens is 1. The maximum absolute atomic E-state index is 12.1. The van der Waals surface area contributed by atoms with E-state index >= 15 is 0 Å². The Morgan fingerprint density at radius 1 is 1.23 bits per heavy atom. The number of Topliss-reactive ketones (excluding diaryl/α,β-unsaturated/α-hetero) is 1. The molecular weight excluding hydrogens is 395 g/mol. The van der Waals surface area contributed by atoms with Crippen molar-refractivity contribution in [1.82, 2.24) is 0 Å². The van der Waals surface area contributed by atoms with Crippen LogP contribution in [0.3, 0.4) is 0 Å². The number of ether oxygens (including phenoxy) is 3. The van der Waals surface area contributed by atoms with Gasteiger partial charge in [-0.15, -0.1) is 0 Å². The van der Waals surface area contributed by atoms with E-state index in [9.17, 15) is 4.79 Å². The van der Waals surface area contributed by atoms with Crippen LogP contribution in [0.15, 0.2) is 39.5 Å². The van der Waals surface area contributed by atoms with Crippen molar-refractivity contribution in [3.05, 3.63) is 45.0 Å². The summed E-state index contributed by atoms with van der Waals surface area (Å²) in [5, 5.41) is 0. The Morgan fingerprint density at radius 3 is 2.68 bits per heavy atom. The molecule has 1 saturated heterocycles. The standard InChI is InChI=1S/C17H19IO4/c1-17(2)21-14-8-13(19)15(18)12(16(14)22-17)10-20-9-11-6-4-3-5-7-11/h3-7,14,16H,8-10H2,1-2H3/t14-,16+/m0/s1. The summed E-state index contributed by atoms with van der Waals surface area (Å²) in [7, 11) is 0. The van der Waals surface area contributed by atoms with Crippen molar-refractivity contribution < 1.29 is 19.0 Å². The molecule has 22 heavy (non-hydrogen) atoms. The minimum absolute atomic E-state index is 0.112. The first-order valence-corrected chi connectivity index (χ1v) is 8.43. The molecule has 1 heterocycles. The van der Waals surface area contributed by atoms with Gasteiger partial charge < -0.3 is 14.2 Å². The zero-order chi connectivity index (χ0) is 15.7. The molecule has 118 valence electrons. The number of ketones is 1. The van der Waals surface area contributed by atoms with Gasteiger partial charge in [-0.2, -0.15) is 0 Å². The maximum atomic E-state index is 12.1. The molecule has 0 unspecified atom stereocenters. The van der Waals surface area contributed by atoms with Crippen LogP contribution in [0.25, 0.3) is 0 Å². The number of rotatable bonds is 4. The van der Waals surface area contributed by atoms with Gasteiger partial charge >= 0.3 is 0 Å². The van der Waals surface area contributed by atoms with Gasteiger partial charge in [0.25, 0.3) is 0 Å². The lowest BCUT2D eigenvalue weighted by molar-refractivity contribution is -0.145. The van der Waals surface area contributed by atoms with Crippen molar-refractivity contribution >= 4 is 28.4 Å². The second kappa shape index (κ2) is 6.39. The van der Waals surface area contributed by atoms with E-state index in [0.717, 1.165) is 14.7 Å². The number of hydrogen-bond acceptors (Lipinski definition) is 4. The van der Waals surface area contributed by atoms with E-state index in [0.29, 0.717) is 19.6 Å². The van der Waals surface area contributed by atoms with Gasteiger partial charge in [-0.3, -0.25) is 4.79 Å². The number of allylic oxidation sites excluding steroid dienone is 1. The smallest absolute Gasteiger partial charge is 0.171 e. The molecule has 0 saturated carbocycles. The summed E-state index contributed by atoms with van der Waals surface area (Å²) in [5.74, 6) is -0.539. The van der Waals surface area contributed by atoms with Crippen LogP contribution in [0.4, 0.5) is 0 Å². The Balaban J connectivity index is 1.70. The van der Waals surface area contributed by atoms with Gasteiger partial charge in [0.2, 0.25) is 0 Å². The second-order valence-corrected chi connectivity index (χ2v) is 7.12. The molecule has 1 aliphatic heterocycles. The van der Waals surface area contributed by atoms with Gasteiger partial charge in [0.1, 0.15) is 6.10 Å². The Kier molecular flexibility index (Phi) is 4.68. The van der Waals surface area contributed by atoms with Crippen LogP contribution in [0.5, 0.6) is 0 Å². The number of benzene rings is 1. The molecule has 1 aromatic rings. The van der Waals surface area contributed by atoms with E-state index in [4.69, 9.17) is 14.2 Å². The van der Waals surface area contributed by atoms with Crippen molar-refractivity contribution in [3.8, 4) is 0 Å². The third-order valence-electron chi connectivity index (χ3n) is 3.81. The van der Waals surface area contributed by atoms with Crippen molar-refractivity contribution in [3.63, 3.8) is 0 Å². The number of fused-ring (bicyclic) bond motifs is 1. The molecule has 5 heteroatoms. The highest BCUT2D eigenvalue weighted by atomic mass is 127. The van der Waals surface area contributed by atoms with Crippen LogP contribution in [-0.2, 0) is 25.6 Å². The highest BCUT2D eigenvalue weighted by Crippen LogP contribution is 2.40. The average molecular weight is 414 g/mol. The summed E-state index contributed by atoms with van der Waals surface area (Å²) < 4.78 is 18.3. The summed E-state index contributed by atoms with van der Waals surface area (Å²) in [5.41, 5.74) is 2.02. The van der Waals surface area contributed by atoms with Crippen LogP contribution in [0.2, 0.25) is 0 Å². The number of carbonyl (C=O) groups is 1. The number of carbonyl (C=O) groups excluding carboxylic acids is 1. The van der Waals surface area contributed by atoms with Crippen molar-refractivity contribution in [2.45, 2.75) is 44.9 Å². The molecule has 0 spiro atoms. The maximum Gasteiger partial charge on any atom is 0.171 e. The zero-order valence-electron chi connectivity index (χ0n) is 12.7. The Bertz CT molecular complexity index is 594. The van der Waals surface area contributed by atoms with E-state index < -0.39 is 5.79 Å². The summed E-state index contributed by atoms with van der Waals surface area (Å²) in [6.45, 7) is 4.67. The van der Waals surface area contributed by atoms with Crippen molar-refractivity contribution in [2.24, 2.45) is 0 Å². The zero-order valence-corrected chi connectivity index (χ0v) is 14.8. The highest BCUT2D eigenvalue weighted by Gasteiger charge is 2.47. The average Bonchev–Trinajstić information content (AvgIpc) is 2.78. The molecule has 1 fully saturated rings. The minimum atomic E-state index is -0.651. The minimum Gasteiger partial charge on any atom is -0.372 e. The first-order chi connectivity index (χ1) is 10.5. The lowest BCUT2D eigenvalue weighted by atomic mass is 9.93. The van der Waals surface area contributed by atoms with Crippen LogP contribution in [-0.4, -0.2) is 30.4 Å². The third-order valence-corrected chi connectivity index (χ3v) is 5.10. The lowest BCUT2D eigenvalue weighted by Gasteiger charge is -2.25. The largest absolute Gasteiger partial charge is 0.372 e. The fourth-order valence-electron chi connectivity index (χ4n) is 2.85. The monoisotopic (exact) mass is 414 g/mol. The van der Waals surface area contributed by atoms with Crippen molar-refractivity contribution in [2.75, 3.05) is 6.61 Å². The topological polar surface area (TPSA) is 44.8 Å². The molecule has 2 aliphatic rings. The lowest BCUT2D eigenvalue weighted by Crippen LogP contribution is -2.35. The van der Waals surface area contributed by atoms with Gasteiger partial charge in [-0.05, 0) is 42.0 Å². The van der Waals surface area contributed by atoms with Crippen LogP contribution < -0.4 is 0 Å². The molecule has 0 aromatic heterocycles. The number of hydrogen-bond donors (Lipinski definition) is 0. The molecule has 2 atom stereocenters. The van der Waals surface area contributed by atoms with Crippen molar-refractivity contribution in [1.29, 1.82) is 0 Å². The molecule has 3 rings (SSSR count). The summed E-state index contributed by atoms with van der Waals surface area (Å²) >= 11 is 2.10. The van der Waals surface area contributed by atoms with Gasteiger partial charge in [0.05, 0.1) is 22.9 Å².